The van der Waals surface area contributed by atoms with Gasteiger partial charge >= 0.3 is 5.97 Å². The number of nitrogens with one attached hydrogen (secondary N) is 1. The molecule has 1 aromatic heterocycles. The fraction of sp³-hybridized carbons (Fsp3) is 0.417. The van der Waals surface area contributed by atoms with Crippen LogP contribution in [0.1, 0.15) is 12.8 Å². The fourth-order valence-corrected chi connectivity index (χ4v) is 1.63. The summed E-state index contributed by atoms with van der Waals surface area (Å²) in [7, 11) is 0. The largest absolute Gasteiger partial charge is 0.480 e. The summed E-state index contributed by atoms with van der Waals surface area (Å²) in [6, 6.07) is 4.14. The zero-order valence-electron chi connectivity index (χ0n) is 9.95. The molecule has 0 fully saturated rings. The molecule has 4 N–H and O–H groups in total. The van der Waals surface area contributed by atoms with Crippen molar-refractivity contribution in [2.24, 2.45) is 11.7 Å². The van der Waals surface area contributed by atoms with E-state index in [1.807, 2.05) is 0 Å². The number of carbonyl (C=O) groups excluding carboxylic acids is 1. The minimum atomic E-state index is -1.07. The summed E-state index contributed by atoms with van der Waals surface area (Å²) >= 11 is 0. The number of carboxylic acids is 1. The standard InChI is InChI=1S/C12H17N3O3/c13-6-3-4-9(8-16)11(12(17)18)15-10-5-1-2-7-14-10/h1-2,5,7-9,11H,3-4,6,13H2,(H,14,15)(H,17,18)/t9?,11-/m0/s1. The Balaban J connectivity index is 2.75. The van der Waals surface area contributed by atoms with E-state index in [1.165, 1.54) is 0 Å². The lowest BCUT2D eigenvalue weighted by Crippen LogP contribution is -2.38. The molecule has 0 saturated heterocycles. The van der Waals surface area contributed by atoms with Gasteiger partial charge in [0.2, 0.25) is 0 Å². The third kappa shape index (κ3) is 4.14. The highest BCUT2D eigenvalue weighted by molar-refractivity contribution is 5.81. The van der Waals surface area contributed by atoms with Crippen molar-refractivity contribution in [3.8, 4) is 0 Å². The highest BCUT2D eigenvalue weighted by atomic mass is 16.4. The maximum absolute atomic E-state index is 11.2. The maximum Gasteiger partial charge on any atom is 0.326 e. The summed E-state index contributed by atoms with van der Waals surface area (Å²) in [5.74, 6) is -1.26. The number of aldehydes is 1. The predicted molar refractivity (Wildman–Crippen MR) is 67.1 cm³/mol. The SMILES string of the molecule is NCCCC(C=O)[C@H](Nc1ccccn1)C(=O)O. The third-order valence-corrected chi connectivity index (χ3v) is 2.58. The van der Waals surface area contributed by atoms with Crippen molar-refractivity contribution < 1.29 is 14.7 Å². The smallest absolute Gasteiger partial charge is 0.326 e. The summed E-state index contributed by atoms with van der Waals surface area (Å²) in [4.78, 5) is 26.2. The average Bonchev–Trinajstić information content (AvgIpc) is 2.39. The molecule has 6 heteroatoms. The van der Waals surface area contributed by atoms with Crippen molar-refractivity contribution in [1.29, 1.82) is 0 Å². The molecule has 98 valence electrons. The molecule has 1 rings (SSSR count). The molecule has 1 aromatic rings. The topological polar surface area (TPSA) is 105 Å². The number of carbonyl (C=O) groups is 2. The second kappa shape index (κ2) is 7.39. The number of hydrogen-bond acceptors (Lipinski definition) is 5. The first-order chi connectivity index (χ1) is 8.69. The van der Waals surface area contributed by atoms with Crippen LogP contribution in [0.15, 0.2) is 24.4 Å². The molecular formula is C12H17N3O3. The van der Waals surface area contributed by atoms with Gasteiger partial charge in [-0.25, -0.2) is 9.78 Å². The van der Waals surface area contributed by atoms with Gasteiger partial charge in [-0.2, -0.15) is 0 Å². The van der Waals surface area contributed by atoms with Crippen LogP contribution in [0.3, 0.4) is 0 Å². The van der Waals surface area contributed by atoms with Gasteiger partial charge in [0.05, 0.1) is 0 Å². The number of anilines is 1. The molecule has 1 heterocycles. The number of hydrogen-bond donors (Lipinski definition) is 3. The zero-order valence-corrected chi connectivity index (χ0v) is 9.95. The Morgan fingerprint density at radius 1 is 1.56 bits per heavy atom. The molecule has 0 aliphatic heterocycles. The monoisotopic (exact) mass is 251 g/mol. The lowest BCUT2D eigenvalue weighted by atomic mass is 9.96. The third-order valence-electron chi connectivity index (χ3n) is 2.58. The number of rotatable bonds is 8. The molecule has 0 saturated carbocycles. The molecule has 0 spiro atoms. The first-order valence-electron chi connectivity index (χ1n) is 5.74. The molecule has 18 heavy (non-hydrogen) atoms. The van der Waals surface area contributed by atoms with Gasteiger partial charge < -0.3 is 21.0 Å². The van der Waals surface area contributed by atoms with Gasteiger partial charge in [0.25, 0.3) is 0 Å². The van der Waals surface area contributed by atoms with E-state index in [1.54, 1.807) is 24.4 Å². The van der Waals surface area contributed by atoms with Crippen molar-refractivity contribution >= 4 is 18.1 Å². The number of nitrogens with zero attached hydrogens (tertiary/aromatic N) is 1. The van der Waals surface area contributed by atoms with E-state index in [2.05, 4.69) is 10.3 Å². The highest BCUT2D eigenvalue weighted by Gasteiger charge is 2.27. The van der Waals surface area contributed by atoms with E-state index in [0.29, 0.717) is 31.5 Å². The summed E-state index contributed by atoms with van der Waals surface area (Å²) in [5, 5.41) is 11.9. The first-order valence-corrected chi connectivity index (χ1v) is 5.74. The van der Waals surface area contributed by atoms with Crippen molar-refractivity contribution in [3.63, 3.8) is 0 Å². The number of aromatic nitrogens is 1. The minimum absolute atomic E-state index is 0.431. The van der Waals surface area contributed by atoms with Crippen LogP contribution in [0.4, 0.5) is 5.82 Å². The quantitative estimate of drug-likeness (QED) is 0.581. The van der Waals surface area contributed by atoms with Gasteiger partial charge in [0.15, 0.2) is 0 Å². The van der Waals surface area contributed by atoms with Crippen LogP contribution in [0, 0.1) is 5.92 Å². The Bertz CT molecular complexity index is 383. The molecule has 6 nitrogen and oxygen atoms in total. The van der Waals surface area contributed by atoms with Crippen LogP contribution in [-0.4, -0.2) is 34.9 Å². The Hall–Kier alpha value is -1.95. The van der Waals surface area contributed by atoms with Gasteiger partial charge in [-0.3, -0.25) is 0 Å². The van der Waals surface area contributed by atoms with Crippen LogP contribution >= 0.6 is 0 Å². The molecule has 0 bridgehead atoms. The van der Waals surface area contributed by atoms with Gasteiger partial charge in [0.1, 0.15) is 18.1 Å². The number of carboxylic acid groups (broad SMARTS) is 1. The van der Waals surface area contributed by atoms with Crippen LogP contribution in [-0.2, 0) is 9.59 Å². The molecule has 0 radical (unpaired) electrons. The van der Waals surface area contributed by atoms with E-state index in [9.17, 15) is 9.59 Å². The number of pyridine rings is 1. The molecule has 1 unspecified atom stereocenters. The minimum Gasteiger partial charge on any atom is -0.480 e. The highest BCUT2D eigenvalue weighted by Crippen LogP contribution is 2.14. The molecular weight excluding hydrogens is 234 g/mol. The Labute approximate surface area is 105 Å². The molecule has 0 amide bonds. The van der Waals surface area contributed by atoms with E-state index < -0.39 is 17.9 Å². The summed E-state index contributed by atoms with van der Waals surface area (Å²) in [5.41, 5.74) is 5.36. The second-order valence-electron chi connectivity index (χ2n) is 3.91. The zero-order chi connectivity index (χ0) is 13.4. The lowest BCUT2D eigenvalue weighted by molar-refractivity contribution is -0.140. The van der Waals surface area contributed by atoms with Crippen molar-refractivity contribution in [2.75, 3.05) is 11.9 Å². The fourth-order valence-electron chi connectivity index (χ4n) is 1.63. The molecule has 0 aliphatic rings. The van der Waals surface area contributed by atoms with Crippen molar-refractivity contribution in [2.45, 2.75) is 18.9 Å². The summed E-state index contributed by atoms with van der Waals surface area (Å²) < 4.78 is 0. The molecule has 0 aliphatic carbocycles. The molecule has 0 aromatic carbocycles. The Morgan fingerprint density at radius 3 is 2.83 bits per heavy atom. The summed E-state index contributed by atoms with van der Waals surface area (Å²) in [6.07, 6.45) is 3.26. The first kappa shape index (κ1) is 14.1. The maximum atomic E-state index is 11.2. The summed E-state index contributed by atoms with van der Waals surface area (Å²) in [6.45, 7) is 0.431. The van der Waals surface area contributed by atoms with Gasteiger partial charge in [-0.1, -0.05) is 6.07 Å². The van der Waals surface area contributed by atoms with E-state index >= 15 is 0 Å². The van der Waals surface area contributed by atoms with Crippen LogP contribution in [0.5, 0.6) is 0 Å². The Morgan fingerprint density at radius 2 is 2.33 bits per heavy atom. The van der Waals surface area contributed by atoms with Crippen molar-refractivity contribution in [1.82, 2.24) is 4.98 Å². The van der Waals surface area contributed by atoms with Crippen LogP contribution in [0.2, 0.25) is 0 Å². The molecule has 2 atom stereocenters. The van der Waals surface area contributed by atoms with Gasteiger partial charge in [-0.15, -0.1) is 0 Å². The second-order valence-corrected chi connectivity index (χ2v) is 3.91. The van der Waals surface area contributed by atoms with E-state index in [-0.39, 0.29) is 0 Å². The Kier molecular flexibility index (Phi) is 5.79. The lowest BCUT2D eigenvalue weighted by Gasteiger charge is -2.20. The van der Waals surface area contributed by atoms with Crippen LogP contribution in [0.25, 0.3) is 0 Å². The normalized spacial score (nSPS) is 13.6. The van der Waals surface area contributed by atoms with Crippen LogP contribution < -0.4 is 11.1 Å². The number of nitrogens with two attached hydrogens (primary N) is 1. The van der Waals surface area contributed by atoms with Crippen molar-refractivity contribution in [3.05, 3.63) is 24.4 Å². The van der Waals surface area contributed by atoms with Gasteiger partial charge in [0, 0.05) is 12.1 Å². The van der Waals surface area contributed by atoms with E-state index in [4.69, 9.17) is 10.8 Å². The van der Waals surface area contributed by atoms with Gasteiger partial charge in [-0.05, 0) is 31.5 Å². The average molecular weight is 251 g/mol. The predicted octanol–water partition coefficient (Wildman–Crippen LogP) is 0.501. The number of aliphatic carboxylic acids is 1. The van der Waals surface area contributed by atoms with E-state index in [0.717, 1.165) is 0 Å².